The molecule has 0 spiro atoms. The summed E-state index contributed by atoms with van der Waals surface area (Å²) in [6, 6.07) is 6.03. The summed E-state index contributed by atoms with van der Waals surface area (Å²) < 4.78 is 14.8. The Kier molecular flexibility index (Phi) is 3.74. The molecule has 4 heteroatoms. The molecular formula is C11H10BrFO2. The Morgan fingerprint density at radius 3 is 2.40 bits per heavy atom. The van der Waals surface area contributed by atoms with Gasteiger partial charge in [0, 0.05) is 16.5 Å². The third kappa shape index (κ3) is 2.31. The highest BCUT2D eigenvalue weighted by molar-refractivity contribution is 9.10. The molecule has 0 heterocycles. The van der Waals surface area contributed by atoms with E-state index in [2.05, 4.69) is 15.9 Å². The van der Waals surface area contributed by atoms with Crippen molar-refractivity contribution in [1.82, 2.24) is 0 Å². The van der Waals surface area contributed by atoms with Gasteiger partial charge in [-0.05, 0) is 12.1 Å². The van der Waals surface area contributed by atoms with Gasteiger partial charge in [-0.15, -0.1) is 0 Å². The highest BCUT2D eigenvalue weighted by atomic mass is 79.9. The normalized spacial score (nSPS) is 14.3. The number of carbonyl (C=O) groups is 2. The van der Waals surface area contributed by atoms with Crippen LogP contribution in [0, 0.1) is 0 Å². The number of Topliss-reactive ketones (excluding diaryl/α,β-unsaturated/α-hetero) is 1. The number of alkyl halides is 1. The Morgan fingerprint density at radius 1 is 1.47 bits per heavy atom. The van der Waals surface area contributed by atoms with E-state index in [0.29, 0.717) is 0 Å². The van der Waals surface area contributed by atoms with Crippen molar-refractivity contribution < 1.29 is 14.0 Å². The molecule has 0 aliphatic rings. The van der Waals surface area contributed by atoms with E-state index in [9.17, 15) is 14.0 Å². The second-order valence-corrected chi connectivity index (χ2v) is 4.03. The lowest BCUT2D eigenvalue weighted by atomic mass is 9.91. The highest BCUT2D eigenvalue weighted by Gasteiger charge is 2.38. The Bertz CT molecular complexity index is 375. The first-order valence-corrected chi connectivity index (χ1v) is 5.28. The predicted molar refractivity (Wildman–Crippen MR) is 58.3 cm³/mol. The van der Waals surface area contributed by atoms with E-state index >= 15 is 0 Å². The van der Waals surface area contributed by atoms with E-state index in [-0.39, 0.29) is 18.3 Å². The minimum Gasteiger partial charge on any atom is -0.299 e. The molecule has 0 aromatic heterocycles. The zero-order valence-electron chi connectivity index (χ0n) is 8.17. The van der Waals surface area contributed by atoms with Crippen LogP contribution in [0.15, 0.2) is 28.7 Å². The fourth-order valence-corrected chi connectivity index (χ4v) is 1.51. The smallest absolute Gasteiger partial charge is 0.248 e. The number of hydrogen-bond donors (Lipinski definition) is 0. The second kappa shape index (κ2) is 4.66. The Balaban J connectivity index is 3.17. The van der Waals surface area contributed by atoms with Gasteiger partial charge in [-0.1, -0.05) is 35.0 Å². The number of rotatable bonds is 4. The molecule has 80 valence electrons. The van der Waals surface area contributed by atoms with E-state index in [1.54, 1.807) is 12.1 Å². The van der Waals surface area contributed by atoms with E-state index in [1.165, 1.54) is 19.1 Å². The van der Waals surface area contributed by atoms with Gasteiger partial charge in [-0.25, -0.2) is 4.39 Å². The third-order valence-corrected chi connectivity index (χ3v) is 2.68. The molecule has 1 rings (SSSR count). The summed E-state index contributed by atoms with van der Waals surface area (Å²) in [5.41, 5.74) is -2.43. The summed E-state index contributed by atoms with van der Waals surface area (Å²) in [7, 11) is 0. The SMILES string of the molecule is CCC(=O)C(F)(C=O)c1ccc(Br)cc1. The van der Waals surface area contributed by atoms with Crippen molar-refractivity contribution in [1.29, 1.82) is 0 Å². The molecule has 0 aliphatic heterocycles. The zero-order valence-corrected chi connectivity index (χ0v) is 9.75. The Morgan fingerprint density at radius 2 is 2.00 bits per heavy atom. The van der Waals surface area contributed by atoms with Crippen molar-refractivity contribution in [3.63, 3.8) is 0 Å². The summed E-state index contributed by atoms with van der Waals surface area (Å²) in [6.07, 6.45) is 0.0490. The number of aldehydes is 1. The minimum atomic E-state index is -2.50. The van der Waals surface area contributed by atoms with Gasteiger partial charge >= 0.3 is 0 Å². The van der Waals surface area contributed by atoms with Crippen LogP contribution in [0.2, 0.25) is 0 Å². The molecule has 0 N–H and O–H groups in total. The summed E-state index contributed by atoms with van der Waals surface area (Å²) in [5, 5.41) is 0. The van der Waals surface area contributed by atoms with Crippen LogP contribution in [0.5, 0.6) is 0 Å². The molecule has 0 saturated carbocycles. The van der Waals surface area contributed by atoms with Crippen molar-refractivity contribution in [3.05, 3.63) is 34.3 Å². The standard InChI is InChI=1S/C11H10BrFO2/c1-2-10(15)11(13,7-14)8-3-5-9(12)6-4-8/h3-7H,2H2,1H3. The first-order valence-electron chi connectivity index (χ1n) is 4.49. The number of hydrogen-bond acceptors (Lipinski definition) is 2. The number of ketones is 1. The average Bonchev–Trinajstić information content (AvgIpc) is 2.27. The first-order chi connectivity index (χ1) is 7.04. The van der Waals surface area contributed by atoms with Crippen LogP contribution in [0.3, 0.4) is 0 Å². The molecule has 0 radical (unpaired) electrons. The van der Waals surface area contributed by atoms with Crippen molar-refractivity contribution >= 4 is 28.0 Å². The van der Waals surface area contributed by atoms with Crippen LogP contribution in [0.1, 0.15) is 18.9 Å². The van der Waals surface area contributed by atoms with E-state index in [0.717, 1.165) is 4.47 Å². The second-order valence-electron chi connectivity index (χ2n) is 3.11. The van der Waals surface area contributed by atoms with Gasteiger partial charge in [0.25, 0.3) is 0 Å². The molecule has 0 bridgehead atoms. The van der Waals surface area contributed by atoms with Crippen LogP contribution >= 0.6 is 15.9 Å². The minimum absolute atomic E-state index is 0.00863. The van der Waals surface area contributed by atoms with Crippen molar-refractivity contribution in [2.24, 2.45) is 0 Å². The van der Waals surface area contributed by atoms with Gasteiger partial charge in [-0.2, -0.15) is 0 Å². The van der Waals surface area contributed by atoms with Gasteiger partial charge in [-0.3, -0.25) is 9.59 Å². The molecule has 0 amide bonds. The lowest BCUT2D eigenvalue weighted by molar-refractivity contribution is -0.137. The van der Waals surface area contributed by atoms with E-state index < -0.39 is 11.5 Å². The lowest BCUT2D eigenvalue weighted by Gasteiger charge is -2.16. The quantitative estimate of drug-likeness (QED) is 0.624. The van der Waals surface area contributed by atoms with Crippen LogP contribution in [0.4, 0.5) is 4.39 Å². The molecular weight excluding hydrogens is 263 g/mol. The van der Waals surface area contributed by atoms with Gasteiger partial charge in [0.05, 0.1) is 0 Å². The van der Waals surface area contributed by atoms with Gasteiger partial charge in [0.2, 0.25) is 5.67 Å². The molecule has 0 aliphatic carbocycles. The van der Waals surface area contributed by atoms with E-state index in [1.807, 2.05) is 0 Å². The summed E-state index contributed by atoms with van der Waals surface area (Å²) in [6.45, 7) is 1.53. The molecule has 2 nitrogen and oxygen atoms in total. The van der Waals surface area contributed by atoms with Crippen molar-refractivity contribution in [2.75, 3.05) is 0 Å². The first kappa shape index (κ1) is 12.0. The monoisotopic (exact) mass is 272 g/mol. The largest absolute Gasteiger partial charge is 0.299 e. The molecule has 1 atom stereocenters. The molecule has 1 aromatic carbocycles. The number of halogens is 2. The highest BCUT2D eigenvalue weighted by Crippen LogP contribution is 2.27. The van der Waals surface area contributed by atoms with Crippen LogP contribution in [0.25, 0.3) is 0 Å². The average molecular weight is 273 g/mol. The third-order valence-electron chi connectivity index (χ3n) is 2.15. The number of benzene rings is 1. The van der Waals surface area contributed by atoms with Gasteiger partial charge < -0.3 is 0 Å². The summed E-state index contributed by atoms with van der Waals surface area (Å²) >= 11 is 3.19. The molecule has 0 saturated heterocycles. The van der Waals surface area contributed by atoms with Gasteiger partial charge in [0.15, 0.2) is 12.1 Å². The predicted octanol–water partition coefficient (Wildman–Crippen LogP) is 2.79. The molecule has 1 unspecified atom stereocenters. The Labute approximate surface area is 95.6 Å². The maximum absolute atomic E-state index is 14.0. The number of carbonyl (C=O) groups excluding carboxylic acids is 2. The van der Waals surface area contributed by atoms with Crippen molar-refractivity contribution in [3.8, 4) is 0 Å². The van der Waals surface area contributed by atoms with Gasteiger partial charge in [0.1, 0.15) is 0 Å². The van der Waals surface area contributed by atoms with Crippen LogP contribution < -0.4 is 0 Å². The molecule has 1 aromatic rings. The molecule has 0 fully saturated rings. The summed E-state index contributed by atoms with van der Waals surface area (Å²) in [4.78, 5) is 22.0. The fraction of sp³-hybridized carbons (Fsp3) is 0.273. The maximum Gasteiger partial charge on any atom is 0.248 e. The summed E-state index contributed by atoms with van der Waals surface area (Å²) in [5.74, 6) is -0.722. The van der Waals surface area contributed by atoms with E-state index in [4.69, 9.17) is 0 Å². The lowest BCUT2D eigenvalue weighted by Crippen LogP contribution is -2.32. The fourth-order valence-electron chi connectivity index (χ4n) is 1.24. The topological polar surface area (TPSA) is 34.1 Å². The van der Waals surface area contributed by atoms with Crippen LogP contribution in [-0.2, 0) is 15.3 Å². The zero-order chi connectivity index (χ0) is 11.5. The van der Waals surface area contributed by atoms with Crippen LogP contribution in [-0.4, -0.2) is 12.1 Å². The maximum atomic E-state index is 14.0. The van der Waals surface area contributed by atoms with Crippen molar-refractivity contribution in [2.45, 2.75) is 19.0 Å². The Hall–Kier alpha value is -1.03. The molecule has 15 heavy (non-hydrogen) atoms.